The third-order valence-corrected chi connectivity index (χ3v) is 3.51. The molecule has 0 saturated carbocycles. The maximum Gasteiger partial charge on any atom is 0.305 e. The summed E-state index contributed by atoms with van der Waals surface area (Å²) in [5, 5.41) is 0.899. The number of imidazole rings is 1. The Kier molecular flexibility index (Phi) is 4.52. The Bertz CT molecular complexity index is 528. The number of carbonyl (C=O) groups excluding carboxylic acids is 1. The quantitative estimate of drug-likeness (QED) is 0.371. The number of nitrogens with one attached hydrogen (secondary N) is 1. The molecule has 0 aliphatic heterocycles. The van der Waals surface area contributed by atoms with E-state index in [4.69, 9.17) is 0 Å². The number of thioether (sulfide) groups is 1. The van der Waals surface area contributed by atoms with E-state index in [0.29, 0.717) is 12.1 Å². The van der Waals surface area contributed by atoms with Crippen molar-refractivity contribution in [3.8, 4) is 0 Å². The SMILES string of the molecule is COC(=O)CCCCSc1ncnc2nc[nH]c12. The van der Waals surface area contributed by atoms with Gasteiger partial charge in [-0.2, -0.15) is 0 Å². The molecule has 96 valence electrons. The van der Waals surface area contributed by atoms with Crippen molar-refractivity contribution in [3.63, 3.8) is 0 Å². The first-order valence-electron chi connectivity index (χ1n) is 5.65. The van der Waals surface area contributed by atoms with Crippen molar-refractivity contribution in [1.82, 2.24) is 19.9 Å². The Balaban J connectivity index is 1.80. The molecule has 2 heterocycles. The Hall–Kier alpha value is -1.63. The molecular formula is C11H14N4O2S. The van der Waals surface area contributed by atoms with Crippen molar-refractivity contribution in [1.29, 1.82) is 0 Å². The van der Waals surface area contributed by atoms with Crippen molar-refractivity contribution >= 4 is 28.9 Å². The number of aromatic amines is 1. The average Bonchev–Trinajstić information content (AvgIpc) is 2.87. The highest BCUT2D eigenvalue weighted by molar-refractivity contribution is 7.99. The van der Waals surface area contributed by atoms with Crippen molar-refractivity contribution in [2.24, 2.45) is 0 Å². The third-order valence-electron chi connectivity index (χ3n) is 2.43. The molecule has 0 aromatic carbocycles. The van der Waals surface area contributed by atoms with Gasteiger partial charge in [-0.15, -0.1) is 11.8 Å². The summed E-state index contributed by atoms with van der Waals surface area (Å²) in [5.41, 5.74) is 1.55. The van der Waals surface area contributed by atoms with Gasteiger partial charge in [0, 0.05) is 6.42 Å². The van der Waals surface area contributed by atoms with Gasteiger partial charge in [-0.05, 0) is 18.6 Å². The number of methoxy groups -OCH3 is 1. The molecule has 0 aliphatic rings. The number of carbonyl (C=O) groups is 1. The minimum atomic E-state index is -0.155. The fraction of sp³-hybridized carbons (Fsp3) is 0.455. The predicted octanol–water partition coefficient (Wildman–Crippen LogP) is 1.79. The van der Waals surface area contributed by atoms with Gasteiger partial charge in [0.15, 0.2) is 5.65 Å². The first-order valence-corrected chi connectivity index (χ1v) is 6.63. The number of ether oxygens (including phenoxy) is 1. The van der Waals surface area contributed by atoms with Crippen LogP contribution in [0.5, 0.6) is 0 Å². The minimum Gasteiger partial charge on any atom is -0.469 e. The number of rotatable bonds is 6. The van der Waals surface area contributed by atoms with Crippen molar-refractivity contribution < 1.29 is 9.53 Å². The lowest BCUT2D eigenvalue weighted by molar-refractivity contribution is -0.140. The summed E-state index contributed by atoms with van der Waals surface area (Å²) in [4.78, 5) is 26.3. The van der Waals surface area contributed by atoms with E-state index in [-0.39, 0.29) is 5.97 Å². The Morgan fingerprint density at radius 1 is 1.39 bits per heavy atom. The van der Waals surface area contributed by atoms with Gasteiger partial charge in [0.25, 0.3) is 0 Å². The molecule has 2 rings (SSSR count). The molecule has 2 aromatic rings. The summed E-state index contributed by atoms with van der Waals surface area (Å²) in [6.45, 7) is 0. The highest BCUT2D eigenvalue weighted by Crippen LogP contribution is 2.22. The average molecular weight is 266 g/mol. The summed E-state index contributed by atoms with van der Waals surface area (Å²) in [7, 11) is 1.41. The van der Waals surface area contributed by atoms with E-state index in [9.17, 15) is 4.79 Å². The molecule has 0 atom stereocenters. The van der Waals surface area contributed by atoms with Crippen LogP contribution in [0.15, 0.2) is 17.7 Å². The maximum absolute atomic E-state index is 10.9. The zero-order valence-corrected chi connectivity index (χ0v) is 10.9. The van der Waals surface area contributed by atoms with Gasteiger partial charge >= 0.3 is 5.97 Å². The van der Waals surface area contributed by atoms with Crippen LogP contribution in [0.25, 0.3) is 11.2 Å². The molecule has 2 aromatic heterocycles. The second-order valence-corrected chi connectivity index (χ2v) is 4.75. The van der Waals surface area contributed by atoms with Crippen LogP contribution in [0.1, 0.15) is 19.3 Å². The summed E-state index contributed by atoms with van der Waals surface area (Å²) >= 11 is 1.64. The number of hydrogen-bond acceptors (Lipinski definition) is 6. The lowest BCUT2D eigenvalue weighted by atomic mass is 10.2. The molecule has 18 heavy (non-hydrogen) atoms. The Morgan fingerprint density at radius 3 is 3.11 bits per heavy atom. The smallest absolute Gasteiger partial charge is 0.305 e. The summed E-state index contributed by atoms with van der Waals surface area (Å²) in [5.74, 6) is 0.750. The number of H-pyrrole nitrogens is 1. The van der Waals surface area contributed by atoms with Crippen LogP contribution in [0.2, 0.25) is 0 Å². The van der Waals surface area contributed by atoms with Crippen LogP contribution in [-0.2, 0) is 9.53 Å². The lowest BCUT2D eigenvalue weighted by Crippen LogP contribution is -1.99. The fourth-order valence-electron chi connectivity index (χ4n) is 1.49. The van der Waals surface area contributed by atoms with E-state index < -0.39 is 0 Å². The largest absolute Gasteiger partial charge is 0.469 e. The van der Waals surface area contributed by atoms with Crippen molar-refractivity contribution in [2.75, 3.05) is 12.9 Å². The zero-order chi connectivity index (χ0) is 12.8. The van der Waals surface area contributed by atoms with E-state index in [2.05, 4.69) is 24.7 Å². The van der Waals surface area contributed by atoms with Crippen molar-refractivity contribution in [2.45, 2.75) is 24.3 Å². The van der Waals surface area contributed by atoms with E-state index >= 15 is 0 Å². The second-order valence-electron chi connectivity index (χ2n) is 3.66. The molecule has 0 amide bonds. The molecule has 7 heteroatoms. The lowest BCUT2D eigenvalue weighted by Gasteiger charge is -2.01. The highest BCUT2D eigenvalue weighted by Gasteiger charge is 2.06. The van der Waals surface area contributed by atoms with Gasteiger partial charge in [0.05, 0.1) is 13.4 Å². The number of fused-ring (bicyclic) bond motifs is 1. The van der Waals surface area contributed by atoms with Crippen LogP contribution in [0, 0.1) is 0 Å². The number of esters is 1. The number of aromatic nitrogens is 4. The van der Waals surface area contributed by atoms with E-state index in [1.165, 1.54) is 13.4 Å². The summed E-state index contributed by atoms with van der Waals surface area (Å²) in [6.07, 6.45) is 5.37. The zero-order valence-electron chi connectivity index (χ0n) is 10.0. The van der Waals surface area contributed by atoms with Gasteiger partial charge in [0.2, 0.25) is 0 Å². The molecule has 6 nitrogen and oxygen atoms in total. The Labute approximate surface area is 109 Å². The molecule has 0 saturated heterocycles. The summed E-state index contributed by atoms with van der Waals surface area (Å²) in [6, 6.07) is 0. The van der Waals surface area contributed by atoms with Crippen LogP contribution in [0.4, 0.5) is 0 Å². The molecular weight excluding hydrogens is 252 g/mol. The molecule has 0 aliphatic carbocycles. The highest BCUT2D eigenvalue weighted by atomic mass is 32.2. The molecule has 1 N–H and O–H groups in total. The van der Waals surface area contributed by atoms with Gasteiger partial charge < -0.3 is 9.72 Å². The monoisotopic (exact) mass is 266 g/mol. The molecule has 0 bridgehead atoms. The minimum absolute atomic E-state index is 0.155. The standard InChI is InChI=1S/C11H14N4O2S/c1-17-8(16)4-2-3-5-18-11-9-10(13-6-12-9)14-7-15-11/h6-7H,2-5H2,1H3,(H,12,13,14,15). The maximum atomic E-state index is 10.9. The summed E-state index contributed by atoms with van der Waals surface area (Å²) < 4.78 is 4.58. The van der Waals surface area contributed by atoms with Gasteiger partial charge in [-0.1, -0.05) is 0 Å². The van der Waals surface area contributed by atoms with Crippen LogP contribution in [-0.4, -0.2) is 38.8 Å². The van der Waals surface area contributed by atoms with E-state index in [1.54, 1.807) is 18.1 Å². The fourth-order valence-corrected chi connectivity index (χ4v) is 2.45. The van der Waals surface area contributed by atoms with E-state index in [0.717, 1.165) is 29.1 Å². The molecule has 0 spiro atoms. The first kappa shape index (κ1) is 12.8. The number of unbranched alkanes of at least 4 members (excludes halogenated alkanes) is 1. The number of nitrogens with zero attached hydrogens (tertiary/aromatic N) is 3. The van der Waals surface area contributed by atoms with Crippen LogP contribution in [0.3, 0.4) is 0 Å². The molecule has 0 fully saturated rings. The van der Waals surface area contributed by atoms with Gasteiger partial charge in [-0.3, -0.25) is 4.79 Å². The topological polar surface area (TPSA) is 80.8 Å². The molecule has 0 unspecified atom stereocenters. The van der Waals surface area contributed by atoms with Gasteiger partial charge in [-0.25, -0.2) is 15.0 Å². The molecule has 0 radical (unpaired) electrons. The Morgan fingerprint density at radius 2 is 2.28 bits per heavy atom. The normalized spacial score (nSPS) is 10.7. The number of hydrogen-bond donors (Lipinski definition) is 1. The van der Waals surface area contributed by atoms with Crippen LogP contribution >= 0.6 is 11.8 Å². The van der Waals surface area contributed by atoms with Crippen LogP contribution < -0.4 is 0 Å². The second kappa shape index (κ2) is 6.34. The van der Waals surface area contributed by atoms with E-state index in [1.807, 2.05) is 0 Å². The predicted molar refractivity (Wildman–Crippen MR) is 68.3 cm³/mol. The van der Waals surface area contributed by atoms with Crippen molar-refractivity contribution in [3.05, 3.63) is 12.7 Å². The van der Waals surface area contributed by atoms with Gasteiger partial charge in [0.1, 0.15) is 16.9 Å². The first-order chi connectivity index (χ1) is 8.81. The third kappa shape index (κ3) is 3.19.